The number of carbonyl (C=O) groups is 1. The summed E-state index contributed by atoms with van der Waals surface area (Å²) in [5.41, 5.74) is 2.15. The van der Waals surface area contributed by atoms with Crippen LogP contribution in [0.4, 0.5) is 5.82 Å². The van der Waals surface area contributed by atoms with Gasteiger partial charge in [0.1, 0.15) is 5.82 Å². The van der Waals surface area contributed by atoms with Gasteiger partial charge >= 0.3 is 5.97 Å². The van der Waals surface area contributed by atoms with Gasteiger partial charge in [0, 0.05) is 12.1 Å². The molecule has 5 heteroatoms. The standard InChI is InChI=1S/C13H14N2O3/c1-9-11(13(16)17-2)3-4-12(15-9)14-7-10-5-6-18-8-10/h3-6,8H,7H2,1-2H3,(H,14,15). The second-order valence-corrected chi connectivity index (χ2v) is 3.81. The number of carbonyl (C=O) groups excluding carboxylic acids is 1. The molecule has 0 amide bonds. The minimum Gasteiger partial charge on any atom is -0.472 e. The van der Waals surface area contributed by atoms with E-state index in [9.17, 15) is 4.79 Å². The number of nitrogens with one attached hydrogen (secondary N) is 1. The quantitative estimate of drug-likeness (QED) is 0.839. The van der Waals surface area contributed by atoms with E-state index in [0.29, 0.717) is 23.6 Å². The molecule has 0 aliphatic carbocycles. The maximum absolute atomic E-state index is 11.4. The van der Waals surface area contributed by atoms with Crippen molar-refractivity contribution in [2.45, 2.75) is 13.5 Å². The number of ether oxygens (including phenoxy) is 1. The predicted octanol–water partition coefficient (Wildman–Crippen LogP) is 2.38. The van der Waals surface area contributed by atoms with E-state index >= 15 is 0 Å². The zero-order valence-electron chi connectivity index (χ0n) is 10.3. The molecule has 0 aromatic carbocycles. The van der Waals surface area contributed by atoms with Crippen LogP contribution in [0.25, 0.3) is 0 Å². The van der Waals surface area contributed by atoms with Gasteiger partial charge in [-0.15, -0.1) is 0 Å². The van der Waals surface area contributed by atoms with Gasteiger partial charge in [-0.2, -0.15) is 0 Å². The van der Waals surface area contributed by atoms with Crippen LogP contribution in [-0.2, 0) is 11.3 Å². The molecule has 2 rings (SSSR count). The lowest BCUT2D eigenvalue weighted by Gasteiger charge is -2.07. The molecule has 2 aromatic heterocycles. The molecule has 0 atom stereocenters. The highest BCUT2D eigenvalue weighted by molar-refractivity contribution is 5.90. The monoisotopic (exact) mass is 246 g/mol. The van der Waals surface area contributed by atoms with Crippen molar-refractivity contribution in [3.8, 4) is 0 Å². The van der Waals surface area contributed by atoms with Gasteiger partial charge in [0.25, 0.3) is 0 Å². The number of esters is 1. The maximum Gasteiger partial charge on any atom is 0.339 e. The van der Waals surface area contributed by atoms with Crippen LogP contribution in [0.2, 0.25) is 0 Å². The number of nitrogens with zero attached hydrogens (tertiary/aromatic N) is 1. The van der Waals surface area contributed by atoms with Gasteiger partial charge in [-0.3, -0.25) is 0 Å². The molecule has 2 heterocycles. The number of rotatable bonds is 4. The van der Waals surface area contributed by atoms with E-state index in [-0.39, 0.29) is 5.97 Å². The molecule has 0 spiro atoms. The molecule has 0 radical (unpaired) electrons. The maximum atomic E-state index is 11.4. The van der Waals surface area contributed by atoms with Gasteiger partial charge < -0.3 is 14.5 Å². The third-order valence-electron chi connectivity index (χ3n) is 2.54. The SMILES string of the molecule is COC(=O)c1ccc(NCc2ccoc2)nc1C. The molecular weight excluding hydrogens is 232 g/mol. The molecular formula is C13H14N2O3. The lowest BCUT2D eigenvalue weighted by Crippen LogP contribution is -2.07. The Bertz CT molecular complexity index is 535. The second kappa shape index (κ2) is 5.35. The molecule has 0 fully saturated rings. The molecule has 5 nitrogen and oxygen atoms in total. The van der Waals surface area contributed by atoms with E-state index in [0.717, 1.165) is 5.56 Å². The van der Waals surface area contributed by atoms with Crippen molar-refractivity contribution >= 4 is 11.8 Å². The summed E-state index contributed by atoms with van der Waals surface area (Å²) < 4.78 is 9.63. The van der Waals surface area contributed by atoms with Gasteiger partial charge in [-0.1, -0.05) is 0 Å². The second-order valence-electron chi connectivity index (χ2n) is 3.81. The van der Waals surface area contributed by atoms with Crippen LogP contribution in [0.1, 0.15) is 21.6 Å². The lowest BCUT2D eigenvalue weighted by molar-refractivity contribution is 0.0599. The topological polar surface area (TPSA) is 64.4 Å². The van der Waals surface area contributed by atoms with E-state index in [1.54, 1.807) is 31.6 Å². The number of pyridine rings is 1. The molecule has 2 aromatic rings. The Labute approximate surface area is 105 Å². The smallest absolute Gasteiger partial charge is 0.339 e. The van der Waals surface area contributed by atoms with E-state index in [1.165, 1.54) is 7.11 Å². The summed E-state index contributed by atoms with van der Waals surface area (Å²) in [6, 6.07) is 5.33. The fourth-order valence-electron chi connectivity index (χ4n) is 1.57. The van der Waals surface area contributed by atoms with Crippen LogP contribution < -0.4 is 5.32 Å². The number of hydrogen-bond acceptors (Lipinski definition) is 5. The molecule has 0 aliphatic heterocycles. The highest BCUT2D eigenvalue weighted by atomic mass is 16.5. The molecule has 0 saturated heterocycles. The Hall–Kier alpha value is -2.30. The first kappa shape index (κ1) is 12.2. The summed E-state index contributed by atoms with van der Waals surface area (Å²) in [5, 5.41) is 3.15. The van der Waals surface area contributed by atoms with Crippen LogP contribution in [0, 0.1) is 6.92 Å². The Morgan fingerprint density at radius 2 is 2.28 bits per heavy atom. The zero-order chi connectivity index (χ0) is 13.0. The molecule has 18 heavy (non-hydrogen) atoms. The van der Waals surface area contributed by atoms with E-state index in [1.807, 2.05) is 6.07 Å². The van der Waals surface area contributed by atoms with Crippen LogP contribution in [0.15, 0.2) is 35.1 Å². The first-order chi connectivity index (χ1) is 8.70. The van der Waals surface area contributed by atoms with Crippen molar-refractivity contribution in [1.29, 1.82) is 0 Å². The minimum absolute atomic E-state index is 0.374. The Morgan fingerprint density at radius 1 is 1.44 bits per heavy atom. The van der Waals surface area contributed by atoms with Crippen molar-refractivity contribution in [3.05, 3.63) is 47.5 Å². The third kappa shape index (κ3) is 2.68. The van der Waals surface area contributed by atoms with E-state index < -0.39 is 0 Å². The van der Waals surface area contributed by atoms with Crippen LogP contribution in [0.3, 0.4) is 0 Å². The summed E-state index contributed by atoms with van der Waals surface area (Å²) in [4.78, 5) is 15.7. The first-order valence-corrected chi connectivity index (χ1v) is 5.51. The van der Waals surface area contributed by atoms with E-state index in [4.69, 9.17) is 4.42 Å². The first-order valence-electron chi connectivity index (χ1n) is 5.51. The Balaban J connectivity index is 2.07. The number of furan rings is 1. The molecule has 1 N–H and O–H groups in total. The van der Waals surface area contributed by atoms with Crippen molar-refractivity contribution in [2.24, 2.45) is 0 Å². The fourth-order valence-corrected chi connectivity index (χ4v) is 1.57. The van der Waals surface area contributed by atoms with Crippen LogP contribution >= 0.6 is 0 Å². The number of hydrogen-bond donors (Lipinski definition) is 1. The van der Waals surface area contributed by atoms with Gasteiger partial charge in [-0.05, 0) is 25.1 Å². The average molecular weight is 246 g/mol. The van der Waals surface area contributed by atoms with Crippen LogP contribution in [-0.4, -0.2) is 18.1 Å². The van der Waals surface area contributed by atoms with Crippen molar-refractivity contribution in [3.63, 3.8) is 0 Å². The summed E-state index contributed by atoms with van der Waals surface area (Å²) in [6.45, 7) is 2.40. The summed E-state index contributed by atoms with van der Waals surface area (Å²) >= 11 is 0. The number of methoxy groups -OCH3 is 1. The summed E-state index contributed by atoms with van der Waals surface area (Å²) in [5.74, 6) is 0.336. The summed E-state index contributed by atoms with van der Waals surface area (Å²) in [6.07, 6.45) is 3.29. The molecule has 0 saturated carbocycles. The van der Waals surface area contributed by atoms with Crippen molar-refractivity contribution in [1.82, 2.24) is 4.98 Å². The fraction of sp³-hybridized carbons (Fsp3) is 0.231. The van der Waals surface area contributed by atoms with Gasteiger partial charge in [0.05, 0.1) is 30.9 Å². The van der Waals surface area contributed by atoms with Crippen molar-refractivity contribution in [2.75, 3.05) is 12.4 Å². The van der Waals surface area contributed by atoms with E-state index in [2.05, 4.69) is 15.0 Å². The minimum atomic E-state index is -0.374. The highest BCUT2D eigenvalue weighted by Crippen LogP contribution is 2.12. The van der Waals surface area contributed by atoms with Crippen molar-refractivity contribution < 1.29 is 13.9 Å². The normalized spacial score (nSPS) is 10.1. The number of aryl methyl sites for hydroxylation is 1. The third-order valence-corrected chi connectivity index (χ3v) is 2.54. The Morgan fingerprint density at radius 3 is 2.89 bits per heavy atom. The Kier molecular flexibility index (Phi) is 3.62. The molecule has 94 valence electrons. The van der Waals surface area contributed by atoms with Gasteiger partial charge in [0.15, 0.2) is 0 Å². The average Bonchev–Trinajstić information content (AvgIpc) is 2.88. The predicted molar refractivity (Wildman–Crippen MR) is 66.3 cm³/mol. The van der Waals surface area contributed by atoms with Gasteiger partial charge in [-0.25, -0.2) is 9.78 Å². The largest absolute Gasteiger partial charge is 0.472 e. The van der Waals surface area contributed by atoms with Crippen LogP contribution in [0.5, 0.6) is 0 Å². The lowest BCUT2D eigenvalue weighted by atomic mass is 10.2. The molecule has 0 bridgehead atoms. The van der Waals surface area contributed by atoms with Gasteiger partial charge in [0.2, 0.25) is 0 Å². The highest BCUT2D eigenvalue weighted by Gasteiger charge is 2.10. The number of aromatic nitrogens is 1. The number of anilines is 1. The zero-order valence-corrected chi connectivity index (χ0v) is 10.3. The molecule has 0 unspecified atom stereocenters. The summed E-state index contributed by atoms with van der Waals surface area (Å²) in [7, 11) is 1.35. The molecule has 0 aliphatic rings.